The van der Waals surface area contributed by atoms with Crippen molar-refractivity contribution in [3.05, 3.63) is 53.6 Å². The standard InChI is InChI=1S/C20H26N2O4S/c1-14-6-11-18(26-5)17(12-14)22-19(23)13-21-27(24,25)16-9-7-15(8-10-16)20(2,3)4/h6-12,21H,13H2,1-5H3,(H,22,23). The summed E-state index contributed by atoms with van der Waals surface area (Å²) in [6.45, 7) is 7.68. The number of rotatable bonds is 6. The Morgan fingerprint density at radius 2 is 1.70 bits per heavy atom. The lowest BCUT2D eigenvalue weighted by Gasteiger charge is -2.19. The van der Waals surface area contributed by atoms with Gasteiger partial charge in [-0.15, -0.1) is 0 Å². The van der Waals surface area contributed by atoms with E-state index in [1.54, 1.807) is 36.4 Å². The molecule has 0 saturated carbocycles. The molecule has 0 heterocycles. The molecule has 0 aromatic heterocycles. The maximum absolute atomic E-state index is 12.4. The number of ether oxygens (including phenoxy) is 1. The normalized spacial score (nSPS) is 11.9. The number of methoxy groups -OCH3 is 1. The number of hydrogen-bond donors (Lipinski definition) is 2. The van der Waals surface area contributed by atoms with E-state index in [4.69, 9.17) is 4.74 Å². The Morgan fingerprint density at radius 3 is 2.26 bits per heavy atom. The minimum atomic E-state index is -3.78. The van der Waals surface area contributed by atoms with Gasteiger partial charge in [0.15, 0.2) is 0 Å². The smallest absolute Gasteiger partial charge is 0.241 e. The molecule has 2 aromatic rings. The van der Waals surface area contributed by atoms with Gasteiger partial charge in [0, 0.05) is 0 Å². The molecule has 0 bridgehead atoms. The molecule has 2 N–H and O–H groups in total. The molecule has 0 saturated heterocycles. The summed E-state index contributed by atoms with van der Waals surface area (Å²) < 4.78 is 32.3. The van der Waals surface area contributed by atoms with Gasteiger partial charge in [0.25, 0.3) is 0 Å². The highest BCUT2D eigenvalue weighted by atomic mass is 32.2. The molecule has 0 fully saturated rings. The molecule has 0 aliphatic carbocycles. The van der Waals surface area contributed by atoms with E-state index in [-0.39, 0.29) is 16.9 Å². The fraction of sp³-hybridized carbons (Fsp3) is 0.350. The van der Waals surface area contributed by atoms with Crippen molar-refractivity contribution in [3.8, 4) is 5.75 Å². The zero-order chi connectivity index (χ0) is 20.2. The Bertz CT molecular complexity index is 914. The number of carbonyl (C=O) groups is 1. The lowest BCUT2D eigenvalue weighted by molar-refractivity contribution is -0.115. The number of carbonyl (C=O) groups excluding carboxylic acids is 1. The summed E-state index contributed by atoms with van der Waals surface area (Å²) in [4.78, 5) is 12.3. The summed E-state index contributed by atoms with van der Waals surface area (Å²) in [6.07, 6.45) is 0. The van der Waals surface area contributed by atoms with Crippen molar-refractivity contribution in [3.63, 3.8) is 0 Å². The second-order valence-corrected chi connectivity index (χ2v) is 9.12. The largest absolute Gasteiger partial charge is 0.495 e. The first-order chi connectivity index (χ1) is 12.5. The Hall–Kier alpha value is -2.38. The van der Waals surface area contributed by atoms with Crippen molar-refractivity contribution in [1.29, 1.82) is 0 Å². The molecule has 0 spiro atoms. The van der Waals surface area contributed by atoms with E-state index in [9.17, 15) is 13.2 Å². The van der Waals surface area contributed by atoms with E-state index >= 15 is 0 Å². The fourth-order valence-electron chi connectivity index (χ4n) is 2.49. The van der Waals surface area contributed by atoms with Gasteiger partial charge in [0.05, 0.1) is 24.2 Å². The highest BCUT2D eigenvalue weighted by molar-refractivity contribution is 7.89. The van der Waals surface area contributed by atoms with Gasteiger partial charge >= 0.3 is 0 Å². The van der Waals surface area contributed by atoms with Crippen LogP contribution in [0, 0.1) is 6.92 Å². The van der Waals surface area contributed by atoms with Crippen LogP contribution in [0.25, 0.3) is 0 Å². The van der Waals surface area contributed by atoms with Gasteiger partial charge in [-0.25, -0.2) is 13.1 Å². The maximum Gasteiger partial charge on any atom is 0.241 e. The number of hydrogen-bond acceptors (Lipinski definition) is 4. The number of aryl methyl sites for hydroxylation is 1. The lowest BCUT2D eigenvalue weighted by atomic mass is 9.87. The zero-order valence-electron chi connectivity index (χ0n) is 16.3. The predicted molar refractivity (Wildman–Crippen MR) is 107 cm³/mol. The summed E-state index contributed by atoms with van der Waals surface area (Å²) in [5.41, 5.74) is 2.41. The molecule has 7 heteroatoms. The van der Waals surface area contributed by atoms with Crippen LogP contribution in [0.2, 0.25) is 0 Å². The van der Waals surface area contributed by atoms with Crippen LogP contribution in [0.3, 0.4) is 0 Å². The van der Waals surface area contributed by atoms with Crippen molar-refractivity contribution in [1.82, 2.24) is 4.72 Å². The fourth-order valence-corrected chi connectivity index (χ4v) is 3.47. The number of anilines is 1. The average molecular weight is 391 g/mol. The molecule has 0 aliphatic heterocycles. The lowest BCUT2D eigenvalue weighted by Crippen LogP contribution is -2.33. The highest BCUT2D eigenvalue weighted by Gasteiger charge is 2.18. The van der Waals surface area contributed by atoms with Crippen LogP contribution < -0.4 is 14.8 Å². The Balaban J connectivity index is 2.04. The van der Waals surface area contributed by atoms with E-state index in [0.29, 0.717) is 11.4 Å². The third-order valence-electron chi connectivity index (χ3n) is 4.08. The molecule has 6 nitrogen and oxygen atoms in total. The second kappa shape index (κ2) is 8.10. The van der Waals surface area contributed by atoms with Crippen molar-refractivity contribution >= 4 is 21.6 Å². The molecular formula is C20H26N2O4S. The summed E-state index contributed by atoms with van der Waals surface area (Å²) >= 11 is 0. The second-order valence-electron chi connectivity index (χ2n) is 7.35. The van der Waals surface area contributed by atoms with Crippen LogP contribution in [0.5, 0.6) is 5.75 Å². The first kappa shape index (κ1) is 20.9. The van der Waals surface area contributed by atoms with Gasteiger partial charge in [-0.2, -0.15) is 0 Å². The Labute approximate surface area is 161 Å². The minimum Gasteiger partial charge on any atom is -0.495 e. The molecule has 2 aromatic carbocycles. The van der Waals surface area contributed by atoms with Crippen LogP contribution in [0.15, 0.2) is 47.4 Å². The zero-order valence-corrected chi connectivity index (χ0v) is 17.1. The molecule has 0 radical (unpaired) electrons. The average Bonchev–Trinajstić information content (AvgIpc) is 2.60. The summed E-state index contributed by atoms with van der Waals surface area (Å²) in [5, 5.41) is 2.66. The highest BCUT2D eigenvalue weighted by Crippen LogP contribution is 2.25. The van der Waals surface area contributed by atoms with E-state index in [0.717, 1.165) is 11.1 Å². The van der Waals surface area contributed by atoms with Crippen LogP contribution in [0.1, 0.15) is 31.9 Å². The number of amides is 1. The van der Waals surface area contributed by atoms with Gasteiger partial charge in [0.1, 0.15) is 5.75 Å². The maximum atomic E-state index is 12.4. The van der Waals surface area contributed by atoms with Gasteiger partial charge < -0.3 is 10.1 Å². The third kappa shape index (κ3) is 5.55. The van der Waals surface area contributed by atoms with Gasteiger partial charge in [0.2, 0.25) is 15.9 Å². The van der Waals surface area contributed by atoms with Crippen LogP contribution >= 0.6 is 0 Å². The van der Waals surface area contributed by atoms with E-state index in [1.807, 2.05) is 13.0 Å². The third-order valence-corrected chi connectivity index (χ3v) is 5.50. The van der Waals surface area contributed by atoms with Crippen LogP contribution in [-0.4, -0.2) is 28.0 Å². The van der Waals surface area contributed by atoms with Gasteiger partial charge in [-0.1, -0.05) is 39.0 Å². The van der Waals surface area contributed by atoms with Crippen LogP contribution in [0.4, 0.5) is 5.69 Å². The monoisotopic (exact) mass is 390 g/mol. The van der Waals surface area contributed by atoms with Crippen LogP contribution in [-0.2, 0) is 20.2 Å². The van der Waals surface area contributed by atoms with Crippen molar-refractivity contribution in [2.24, 2.45) is 0 Å². The van der Waals surface area contributed by atoms with Gasteiger partial charge in [-0.3, -0.25) is 4.79 Å². The molecule has 1 amide bonds. The van der Waals surface area contributed by atoms with E-state index in [1.165, 1.54) is 7.11 Å². The summed E-state index contributed by atoms with van der Waals surface area (Å²) in [5.74, 6) is 0.0309. The number of nitrogens with one attached hydrogen (secondary N) is 2. The first-order valence-corrected chi connectivity index (χ1v) is 10.1. The minimum absolute atomic E-state index is 0.0670. The Morgan fingerprint density at radius 1 is 1.07 bits per heavy atom. The van der Waals surface area contributed by atoms with Crippen molar-refractivity contribution in [2.75, 3.05) is 19.0 Å². The summed E-state index contributed by atoms with van der Waals surface area (Å²) in [7, 11) is -2.27. The molecule has 2 rings (SSSR count). The Kier molecular flexibility index (Phi) is 6.28. The number of sulfonamides is 1. The molecule has 0 unspecified atom stereocenters. The topological polar surface area (TPSA) is 84.5 Å². The first-order valence-electron chi connectivity index (χ1n) is 8.57. The SMILES string of the molecule is COc1ccc(C)cc1NC(=O)CNS(=O)(=O)c1ccc(C(C)(C)C)cc1. The van der Waals surface area contributed by atoms with Gasteiger partial charge in [-0.05, 0) is 47.7 Å². The molecule has 0 aliphatic rings. The number of benzene rings is 2. The molecule has 0 atom stereocenters. The van der Waals surface area contributed by atoms with Crippen molar-refractivity contribution in [2.45, 2.75) is 38.0 Å². The van der Waals surface area contributed by atoms with Crippen molar-refractivity contribution < 1.29 is 17.9 Å². The molecular weight excluding hydrogens is 364 g/mol. The quantitative estimate of drug-likeness (QED) is 0.793. The van der Waals surface area contributed by atoms with E-state index < -0.39 is 15.9 Å². The molecule has 27 heavy (non-hydrogen) atoms. The summed E-state index contributed by atoms with van der Waals surface area (Å²) in [6, 6.07) is 12.0. The van der Waals surface area contributed by atoms with E-state index in [2.05, 4.69) is 30.8 Å². The molecule has 146 valence electrons. The predicted octanol–water partition coefficient (Wildman–Crippen LogP) is 3.22.